The molecule has 3 fully saturated rings. The van der Waals surface area contributed by atoms with Gasteiger partial charge in [0, 0.05) is 19.6 Å². The first kappa shape index (κ1) is 16.1. The van der Waals surface area contributed by atoms with Crippen LogP contribution in [0.15, 0.2) is 30.3 Å². The van der Waals surface area contributed by atoms with Crippen molar-refractivity contribution >= 4 is 17.8 Å². The molecular formula is C19H23N3O3. The Hall–Kier alpha value is -2.37. The highest BCUT2D eigenvalue weighted by Gasteiger charge is 2.53. The summed E-state index contributed by atoms with van der Waals surface area (Å²) >= 11 is 0. The predicted molar refractivity (Wildman–Crippen MR) is 91.7 cm³/mol. The molecule has 3 saturated heterocycles. The number of amides is 4. The van der Waals surface area contributed by atoms with Crippen molar-refractivity contribution in [2.45, 2.75) is 44.2 Å². The summed E-state index contributed by atoms with van der Waals surface area (Å²) in [6.45, 7) is 1.93. The highest BCUT2D eigenvalue weighted by molar-refractivity contribution is 6.08. The quantitative estimate of drug-likeness (QED) is 0.765. The Morgan fingerprint density at radius 1 is 0.920 bits per heavy atom. The molecular weight excluding hydrogens is 318 g/mol. The summed E-state index contributed by atoms with van der Waals surface area (Å²) in [6.07, 6.45) is 3.97. The number of carbonyl (C=O) groups excluding carboxylic acids is 3. The Balaban J connectivity index is 1.35. The van der Waals surface area contributed by atoms with Gasteiger partial charge in [-0.1, -0.05) is 30.3 Å². The number of carbonyl (C=O) groups is 3. The van der Waals surface area contributed by atoms with E-state index in [4.69, 9.17) is 0 Å². The van der Waals surface area contributed by atoms with Crippen LogP contribution in [-0.4, -0.2) is 64.3 Å². The number of hydrogen-bond acceptors (Lipinski definition) is 3. The van der Waals surface area contributed by atoms with E-state index in [0.29, 0.717) is 26.1 Å². The van der Waals surface area contributed by atoms with Crippen molar-refractivity contribution in [3.63, 3.8) is 0 Å². The van der Waals surface area contributed by atoms with Gasteiger partial charge in [-0.25, -0.2) is 9.69 Å². The van der Waals surface area contributed by atoms with Crippen LogP contribution in [0.1, 0.15) is 31.2 Å². The maximum atomic E-state index is 12.7. The van der Waals surface area contributed by atoms with Gasteiger partial charge in [0.05, 0.1) is 0 Å². The van der Waals surface area contributed by atoms with Crippen LogP contribution in [0.25, 0.3) is 0 Å². The highest BCUT2D eigenvalue weighted by atomic mass is 16.2. The van der Waals surface area contributed by atoms with Crippen molar-refractivity contribution < 1.29 is 14.4 Å². The van der Waals surface area contributed by atoms with Gasteiger partial charge in [-0.2, -0.15) is 0 Å². The Morgan fingerprint density at radius 3 is 2.48 bits per heavy atom. The second kappa shape index (κ2) is 6.50. The molecule has 0 bridgehead atoms. The number of rotatable bonds is 5. The molecule has 0 spiro atoms. The van der Waals surface area contributed by atoms with E-state index in [2.05, 4.69) is 12.1 Å². The van der Waals surface area contributed by atoms with Crippen molar-refractivity contribution in [1.82, 2.24) is 14.7 Å². The molecule has 2 atom stereocenters. The summed E-state index contributed by atoms with van der Waals surface area (Å²) < 4.78 is 0. The van der Waals surface area contributed by atoms with Gasteiger partial charge in [0.15, 0.2) is 0 Å². The lowest BCUT2D eigenvalue weighted by molar-refractivity contribution is -0.138. The third kappa shape index (κ3) is 2.79. The molecule has 0 saturated carbocycles. The lowest BCUT2D eigenvalue weighted by Crippen LogP contribution is -2.46. The van der Waals surface area contributed by atoms with E-state index in [9.17, 15) is 14.4 Å². The molecule has 3 heterocycles. The van der Waals surface area contributed by atoms with E-state index in [1.165, 1.54) is 10.5 Å². The third-order valence-corrected chi connectivity index (χ3v) is 5.54. The molecule has 132 valence electrons. The summed E-state index contributed by atoms with van der Waals surface area (Å²) in [6, 6.07) is 9.01. The van der Waals surface area contributed by atoms with Gasteiger partial charge in [0.1, 0.15) is 12.1 Å². The fourth-order valence-electron chi connectivity index (χ4n) is 4.24. The van der Waals surface area contributed by atoms with Crippen LogP contribution >= 0.6 is 0 Å². The zero-order chi connectivity index (χ0) is 17.4. The SMILES string of the molecule is O=C1C(N2C(=O)[C@H]3CCCN3C2=O)CCN1CCCc1ccccc1. The van der Waals surface area contributed by atoms with E-state index in [1.807, 2.05) is 18.2 Å². The topological polar surface area (TPSA) is 60.9 Å². The maximum absolute atomic E-state index is 12.7. The molecule has 4 amide bonds. The number of fused-ring (bicyclic) bond motifs is 1. The predicted octanol–water partition coefficient (Wildman–Crippen LogP) is 1.65. The minimum atomic E-state index is -0.595. The molecule has 0 aromatic heterocycles. The monoisotopic (exact) mass is 341 g/mol. The van der Waals surface area contributed by atoms with Crippen molar-refractivity contribution in [2.24, 2.45) is 0 Å². The van der Waals surface area contributed by atoms with E-state index in [0.717, 1.165) is 25.7 Å². The van der Waals surface area contributed by atoms with Crippen molar-refractivity contribution in [3.8, 4) is 0 Å². The lowest BCUT2D eigenvalue weighted by atomic mass is 10.1. The third-order valence-electron chi connectivity index (χ3n) is 5.54. The standard InChI is InChI=1S/C19H23N3O3/c23-17-16(22-18(24)15-9-5-12-21(15)19(22)25)10-13-20(17)11-4-8-14-6-2-1-3-7-14/h1-3,6-7,15-16H,4-5,8-13H2/t15-,16?/m1/s1. The van der Waals surface area contributed by atoms with Crippen LogP contribution in [0.2, 0.25) is 0 Å². The molecule has 4 rings (SSSR count). The van der Waals surface area contributed by atoms with Crippen LogP contribution in [0, 0.1) is 0 Å². The van der Waals surface area contributed by atoms with Crippen molar-refractivity contribution in [3.05, 3.63) is 35.9 Å². The van der Waals surface area contributed by atoms with Crippen LogP contribution in [0.5, 0.6) is 0 Å². The molecule has 6 nitrogen and oxygen atoms in total. The molecule has 1 unspecified atom stereocenters. The molecule has 3 aliphatic rings. The number of benzene rings is 1. The molecule has 0 aliphatic carbocycles. The van der Waals surface area contributed by atoms with Gasteiger partial charge in [-0.15, -0.1) is 0 Å². The summed E-state index contributed by atoms with van der Waals surface area (Å²) in [4.78, 5) is 42.4. The fraction of sp³-hybridized carbons (Fsp3) is 0.526. The first-order chi connectivity index (χ1) is 12.2. The zero-order valence-electron chi connectivity index (χ0n) is 14.3. The number of aryl methyl sites for hydroxylation is 1. The van der Waals surface area contributed by atoms with Gasteiger partial charge >= 0.3 is 6.03 Å². The summed E-state index contributed by atoms with van der Waals surface area (Å²) in [5.41, 5.74) is 1.26. The molecule has 1 aromatic carbocycles. The summed E-state index contributed by atoms with van der Waals surface area (Å²) in [7, 11) is 0. The normalized spacial score (nSPS) is 26.1. The van der Waals surface area contributed by atoms with Gasteiger partial charge in [0.25, 0.3) is 5.91 Å². The first-order valence-electron chi connectivity index (χ1n) is 9.13. The Kier molecular flexibility index (Phi) is 4.19. The average Bonchev–Trinajstić information content (AvgIpc) is 3.29. The van der Waals surface area contributed by atoms with E-state index < -0.39 is 6.04 Å². The number of nitrogens with zero attached hydrogens (tertiary/aromatic N) is 3. The molecule has 0 N–H and O–H groups in total. The van der Waals surface area contributed by atoms with Gasteiger partial charge in [-0.05, 0) is 37.7 Å². The van der Waals surface area contributed by atoms with Crippen LogP contribution in [-0.2, 0) is 16.0 Å². The summed E-state index contributed by atoms with van der Waals surface area (Å²) in [5, 5.41) is 0. The Morgan fingerprint density at radius 2 is 1.72 bits per heavy atom. The zero-order valence-corrected chi connectivity index (χ0v) is 14.3. The van der Waals surface area contributed by atoms with E-state index in [-0.39, 0.29) is 23.9 Å². The number of urea groups is 1. The van der Waals surface area contributed by atoms with Crippen molar-refractivity contribution in [2.75, 3.05) is 19.6 Å². The Labute approximate surface area is 147 Å². The molecule has 3 aliphatic heterocycles. The Bertz CT molecular complexity index is 668. The first-order valence-corrected chi connectivity index (χ1v) is 9.13. The number of hydrogen-bond donors (Lipinski definition) is 0. The van der Waals surface area contributed by atoms with Crippen molar-refractivity contribution in [1.29, 1.82) is 0 Å². The average molecular weight is 341 g/mol. The largest absolute Gasteiger partial charge is 0.341 e. The minimum Gasteiger partial charge on any atom is -0.341 e. The van der Waals surface area contributed by atoms with E-state index in [1.54, 1.807) is 9.80 Å². The number of imide groups is 1. The smallest absolute Gasteiger partial charge is 0.328 e. The minimum absolute atomic E-state index is 0.0732. The van der Waals surface area contributed by atoms with Gasteiger partial charge in [-0.3, -0.25) is 9.59 Å². The maximum Gasteiger partial charge on any atom is 0.328 e. The van der Waals surface area contributed by atoms with Crippen LogP contribution in [0.4, 0.5) is 4.79 Å². The molecule has 0 radical (unpaired) electrons. The van der Waals surface area contributed by atoms with E-state index >= 15 is 0 Å². The lowest BCUT2D eigenvalue weighted by Gasteiger charge is -2.22. The second-order valence-corrected chi connectivity index (χ2v) is 7.06. The van der Waals surface area contributed by atoms with Crippen LogP contribution in [0.3, 0.4) is 0 Å². The fourth-order valence-corrected chi connectivity index (χ4v) is 4.24. The molecule has 1 aromatic rings. The van der Waals surface area contributed by atoms with Crippen LogP contribution < -0.4 is 0 Å². The van der Waals surface area contributed by atoms with Gasteiger partial charge < -0.3 is 9.80 Å². The van der Waals surface area contributed by atoms with Gasteiger partial charge in [0.2, 0.25) is 5.91 Å². The highest BCUT2D eigenvalue weighted by Crippen LogP contribution is 2.31. The second-order valence-electron chi connectivity index (χ2n) is 7.06. The molecule has 25 heavy (non-hydrogen) atoms. The number of likely N-dealkylation sites (tertiary alicyclic amines) is 1. The molecule has 6 heteroatoms. The summed E-state index contributed by atoms with van der Waals surface area (Å²) in [5.74, 6) is -0.247.